The minimum atomic E-state index is -0.210. The van der Waals surface area contributed by atoms with Crippen molar-refractivity contribution in [2.24, 2.45) is 5.41 Å². The van der Waals surface area contributed by atoms with Gasteiger partial charge in [0.15, 0.2) is 0 Å². The molecule has 2 heteroatoms. The molecule has 0 saturated carbocycles. The zero-order chi connectivity index (χ0) is 9.19. The maximum Gasteiger partial charge on any atom is 0.0741 e. The minimum absolute atomic E-state index is 0.00894. The molecule has 72 valence electrons. The summed E-state index contributed by atoms with van der Waals surface area (Å²) in [5.74, 6) is 0. The second-order valence-electron chi connectivity index (χ2n) is 4.87. The summed E-state index contributed by atoms with van der Waals surface area (Å²) in [6, 6.07) is 0.318. The lowest BCUT2D eigenvalue weighted by molar-refractivity contribution is 0.0209. The van der Waals surface area contributed by atoms with Gasteiger partial charge in [0.2, 0.25) is 0 Å². The normalized spacial score (nSPS) is 28.5. The summed E-state index contributed by atoms with van der Waals surface area (Å²) in [6.07, 6.45) is 3.43. The van der Waals surface area contributed by atoms with Crippen LogP contribution < -0.4 is 5.32 Å². The van der Waals surface area contributed by atoms with Crippen molar-refractivity contribution in [2.45, 2.75) is 52.2 Å². The maximum absolute atomic E-state index is 9.95. The SMILES string of the molecule is CC(C)(C)[C@H](O)[C@H]1CCCCN1. The standard InChI is InChI=1S/C10H21NO/c1-10(2,3)9(12)8-6-4-5-7-11-8/h8-9,11-12H,4-7H2,1-3H3/t8-,9-/m1/s1. The topological polar surface area (TPSA) is 32.3 Å². The molecule has 1 heterocycles. The summed E-state index contributed by atoms with van der Waals surface area (Å²) in [5.41, 5.74) is 0.00894. The van der Waals surface area contributed by atoms with Crippen molar-refractivity contribution in [1.29, 1.82) is 0 Å². The molecule has 12 heavy (non-hydrogen) atoms. The van der Waals surface area contributed by atoms with Crippen LogP contribution in [-0.4, -0.2) is 23.8 Å². The predicted octanol–water partition coefficient (Wildman–Crippen LogP) is 1.54. The first kappa shape index (κ1) is 10.0. The van der Waals surface area contributed by atoms with Crippen LogP contribution in [0.2, 0.25) is 0 Å². The van der Waals surface area contributed by atoms with E-state index in [9.17, 15) is 5.11 Å². The van der Waals surface area contributed by atoms with Crippen molar-refractivity contribution >= 4 is 0 Å². The monoisotopic (exact) mass is 171 g/mol. The Kier molecular flexibility index (Phi) is 3.13. The molecule has 0 amide bonds. The first-order valence-electron chi connectivity index (χ1n) is 4.93. The van der Waals surface area contributed by atoms with E-state index in [4.69, 9.17) is 0 Å². The van der Waals surface area contributed by atoms with Crippen LogP contribution >= 0.6 is 0 Å². The summed E-state index contributed by atoms with van der Waals surface area (Å²) < 4.78 is 0. The number of aliphatic hydroxyl groups is 1. The molecule has 2 N–H and O–H groups in total. The Labute approximate surface area is 75.4 Å². The van der Waals surface area contributed by atoms with Crippen molar-refractivity contribution in [3.8, 4) is 0 Å². The van der Waals surface area contributed by atoms with Gasteiger partial charge in [0.05, 0.1) is 6.10 Å². The Morgan fingerprint density at radius 1 is 1.33 bits per heavy atom. The summed E-state index contributed by atoms with van der Waals surface area (Å²) in [6.45, 7) is 7.34. The molecule has 1 rings (SSSR count). The molecular weight excluding hydrogens is 150 g/mol. The van der Waals surface area contributed by atoms with E-state index in [0.29, 0.717) is 6.04 Å². The molecule has 1 aliphatic rings. The van der Waals surface area contributed by atoms with Crippen LogP contribution in [0.15, 0.2) is 0 Å². The predicted molar refractivity (Wildman–Crippen MR) is 51.1 cm³/mol. The van der Waals surface area contributed by atoms with Gasteiger partial charge >= 0.3 is 0 Å². The molecule has 0 radical (unpaired) electrons. The average molecular weight is 171 g/mol. The number of aliphatic hydroxyl groups excluding tert-OH is 1. The summed E-state index contributed by atoms with van der Waals surface area (Å²) in [4.78, 5) is 0. The average Bonchev–Trinajstić information content (AvgIpc) is 2.03. The van der Waals surface area contributed by atoms with E-state index >= 15 is 0 Å². The highest BCUT2D eigenvalue weighted by Crippen LogP contribution is 2.25. The number of hydrogen-bond acceptors (Lipinski definition) is 2. The number of nitrogens with one attached hydrogen (secondary N) is 1. The van der Waals surface area contributed by atoms with Gasteiger partial charge in [0.25, 0.3) is 0 Å². The zero-order valence-corrected chi connectivity index (χ0v) is 8.43. The van der Waals surface area contributed by atoms with E-state index in [2.05, 4.69) is 26.1 Å². The van der Waals surface area contributed by atoms with Gasteiger partial charge < -0.3 is 10.4 Å². The van der Waals surface area contributed by atoms with E-state index in [1.165, 1.54) is 12.8 Å². The quantitative estimate of drug-likeness (QED) is 0.627. The van der Waals surface area contributed by atoms with Gasteiger partial charge in [-0.15, -0.1) is 0 Å². The molecule has 2 atom stereocenters. The highest BCUT2D eigenvalue weighted by atomic mass is 16.3. The molecule has 0 spiro atoms. The maximum atomic E-state index is 9.95. The highest BCUT2D eigenvalue weighted by Gasteiger charge is 2.30. The van der Waals surface area contributed by atoms with Crippen LogP contribution in [0.3, 0.4) is 0 Å². The molecule has 0 bridgehead atoms. The van der Waals surface area contributed by atoms with E-state index in [1.807, 2.05) is 0 Å². The molecule has 0 aliphatic carbocycles. The first-order valence-corrected chi connectivity index (χ1v) is 4.93. The van der Waals surface area contributed by atoms with Gasteiger partial charge in [-0.1, -0.05) is 27.2 Å². The number of hydrogen-bond donors (Lipinski definition) is 2. The molecule has 0 aromatic heterocycles. The van der Waals surface area contributed by atoms with Gasteiger partial charge in [0, 0.05) is 6.04 Å². The Bertz CT molecular complexity index is 133. The smallest absolute Gasteiger partial charge is 0.0741 e. The molecule has 1 fully saturated rings. The van der Waals surface area contributed by atoms with Crippen LogP contribution in [0, 0.1) is 5.41 Å². The third-order valence-corrected chi connectivity index (χ3v) is 2.62. The van der Waals surface area contributed by atoms with Crippen molar-refractivity contribution in [2.75, 3.05) is 6.54 Å². The molecular formula is C10H21NO. The van der Waals surface area contributed by atoms with Gasteiger partial charge in [-0.2, -0.15) is 0 Å². The van der Waals surface area contributed by atoms with Crippen molar-refractivity contribution in [3.05, 3.63) is 0 Å². The third-order valence-electron chi connectivity index (χ3n) is 2.62. The lowest BCUT2D eigenvalue weighted by Crippen LogP contribution is -2.48. The highest BCUT2D eigenvalue weighted by molar-refractivity contribution is 4.86. The third kappa shape index (κ3) is 2.46. The van der Waals surface area contributed by atoms with E-state index in [0.717, 1.165) is 13.0 Å². The largest absolute Gasteiger partial charge is 0.391 e. The fourth-order valence-electron chi connectivity index (χ4n) is 1.75. The first-order chi connectivity index (χ1) is 5.52. The Morgan fingerprint density at radius 2 is 2.00 bits per heavy atom. The van der Waals surface area contributed by atoms with E-state index in [-0.39, 0.29) is 11.5 Å². The number of rotatable bonds is 1. The molecule has 2 nitrogen and oxygen atoms in total. The second-order valence-corrected chi connectivity index (χ2v) is 4.87. The summed E-state index contributed by atoms with van der Waals surface area (Å²) >= 11 is 0. The summed E-state index contributed by atoms with van der Waals surface area (Å²) in [5, 5.41) is 13.3. The van der Waals surface area contributed by atoms with Crippen molar-refractivity contribution in [1.82, 2.24) is 5.32 Å². The lowest BCUT2D eigenvalue weighted by atomic mass is 9.82. The molecule has 0 aromatic rings. The Morgan fingerprint density at radius 3 is 2.42 bits per heavy atom. The van der Waals surface area contributed by atoms with Crippen LogP contribution in [0.5, 0.6) is 0 Å². The van der Waals surface area contributed by atoms with Gasteiger partial charge in [-0.3, -0.25) is 0 Å². The van der Waals surface area contributed by atoms with Crippen molar-refractivity contribution in [3.63, 3.8) is 0 Å². The van der Waals surface area contributed by atoms with Crippen LogP contribution in [-0.2, 0) is 0 Å². The Hall–Kier alpha value is -0.0800. The second kappa shape index (κ2) is 3.75. The minimum Gasteiger partial charge on any atom is -0.391 e. The molecule has 0 unspecified atom stereocenters. The van der Waals surface area contributed by atoms with Gasteiger partial charge in [-0.25, -0.2) is 0 Å². The van der Waals surface area contributed by atoms with Gasteiger partial charge in [0.1, 0.15) is 0 Å². The van der Waals surface area contributed by atoms with Gasteiger partial charge in [-0.05, 0) is 24.8 Å². The molecule has 1 saturated heterocycles. The zero-order valence-electron chi connectivity index (χ0n) is 8.43. The van der Waals surface area contributed by atoms with Crippen molar-refractivity contribution < 1.29 is 5.11 Å². The summed E-state index contributed by atoms with van der Waals surface area (Å²) in [7, 11) is 0. The van der Waals surface area contributed by atoms with Crippen LogP contribution in [0.4, 0.5) is 0 Å². The van der Waals surface area contributed by atoms with E-state index in [1.54, 1.807) is 0 Å². The van der Waals surface area contributed by atoms with Crippen LogP contribution in [0.25, 0.3) is 0 Å². The molecule has 0 aromatic carbocycles. The lowest BCUT2D eigenvalue weighted by Gasteiger charge is -2.35. The number of piperidine rings is 1. The molecule has 1 aliphatic heterocycles. The Balaban J connectivity index is 2.45. The fourth-order valence-corrected chi connectivity index (χ4v) is 1.75. The van der Waals surface area contributed by atoms with Crippen LogP contribution in [0.1, 0.15) is 40.0 Å². The van der Waals surface area contributed by atoms with E-state index < -0.39 is 0 Å². The fraction of sp³-hybridized carbons (Fsp3) is 1.00.